The van der Waals surface area contributed by atoms with Crippen LogP contribution >= 0.6 is 0 Å². The second kappa shape index (κ2) is 7.82. The van der Waals surface area contributed by atoms with Gasteiger partial charge in [0.15, 0.2) is 0 Å². The molecular weight excluding hydrogens is 298 g/mol. The zero-order valence-electron chi connectivity index (χ0n) is 14.8. The standard InChI is InChI=1S/C21H25NO2/c1-21(2,3)14-13-16-9-11-17(12-10-16)20(23)22-15-18-7-5-6-8-19(18)24-4/h5-14H,15H2,1-4H3,(H,22,23). The Morgan fingerprint density at radius 3 is 2.38 bits per heavy atom. The number of allylic oxidation sites excluding steroid dienone is 1. The van der Waals surface area contributed by atoms with Crippen molar-refractivity contribution in [3.8, 4) is 5.75 Å². The number of amides is 1. The van der Waals surface area contributed by atoms with E-state index in [1.54, 1.807) is 7.11 Å². The van der Waals surface area contributed by atoms with Crippen LogP contribution in [0, 0.1) is 5.41 Å². The second-order valence-electron chi connectivity index (χ2n) is 6.82. The van der Waals surface area contributed by atoms with Crippen LogP contribution in [0.15, 0.2) is 54.6 Å². The largest absolute Gasteiger partial charge is 0.496 e. The molecule has 2 aromatic carbocycles. The molecule has 0 fully saturated rings. The van der Waals surface area contributed by atoms with Gasteiger partial charge in [-0.05, 0) is 29.2 Å². The Labute approximate surface area is 144 Å². The van der Waals surface area contributed by atoms with Crippen molar-refractivity contribution in [3.63, 3.8) is 0 Å². The molecule has 3 nitrogen and oxygen atoms in total. The molecule has 0 unspecified atom stereocenters. The van der Waals surface area contributed by atoms with E-state index >= 15 is 0 Å². The van der Waals surface area contributed by atoms with Gasteiger partial charge in [-0.1, -0.05) is 63.3 Å². The minimum atomic E-state index is -0.0905. The quantitative estimate of drug-likeness (QED) is 0.867. The second-order valence-corrected chi connectivity index (χ2v) is 6.82. The van der Waals surface area contributed by atoms with Crippen LogP contribution in [-0.4, -0.2) is 13.0 Å². The van der Waals surface area contributed by atoms with Crippen molar-refractivity contribution in [1.29, 1.82) is 0 Å². The topological polar surface area (TPSA) is 38.3 Å². The fourth-order valence-electron chi connectivity index (χ4n) is 2.22. The number of benzene rings is 2. The Hall–Kier alpha value is -2.55. The van der Waals surface area contributed by atoms with E-state index in [-0.39, 0.29) is 11.3 Å². The Bertz CT molecular complexity index is 709. The zero-order valence-corrected chi connectivity index (χ0v) is 14.8. The molecule has 1 amide bonds. The van der Waals surface area contributed by atoms with Gasteiger partial charge in [0.25, 0.3) is 5.91 Å². The molecule has 0 aliphatic rings. The first-order valence-electron chi connectivity index (χ1n) is 8.08. The first-order valence-corrected chi connectivity index (χ1v) is 8.08. The van der Waals surface area contributed by atoms with Crippen LogP contribution in [0.1, 0.15) is 42.3 Å². The van der Waals surface area contributed by atoms with Crippen LogP contribution in [-0.2, 0) is 6.54 Å². The summed E-state index contributed by atoms with van der Waals surface area (Å²) in [4.78, 5) is 12.3. The number of ether oxygens (including phenoxy) is 1. The third-order valence-corrected chi connectivity index (χ3v) is 3.58. The van der Waals surface area contributed by atoms with E-state index in [1.165, 1.54) is 0 Å². The summed E-state index contributed by atoms with van der Waals surface area (Å²) in [5.41, 5.74) is 2.84. The summed E-state index contributed by atoms with van der Waals surface area (Å²) in [5.74, 6) is 0.688. The maximum absolute atomic E-state index is 12.3. The number of hydrogen-bond acceptors (Lipinski definition) is 2. The van der Waals surface area contributed by atoms with E-state index in [0.29, 0.717) is 12.1 Å². The van der Waals surface area contributed by atoms with Gasteiger partial charge in [0.2, 0.25) is 0 Å². The van der Waals surface area contributed by atoms with Crippen LogP contribution < -0.4 is 10.1 Å². The number of nitrogens with one attached hydrogen (secondary N) is 1. The minimum Gasteiger partial charge on any atom is -0.496 e. The molecule has 0 saturated carbocycles. The summed E-state index contributed by atoms with van der Waals surface area (Å²) in [6.45, 7) is 6.91. The van der Waals surface area contributed by atoms with Crippen LogP contribution in [0.5, 0.6) is 5.75 Å². The highest BCUT2D eigenvalue weighted by atomic mass is 16.5. The summed E-state index contributed by atoms with van der Waals surface area (Å²) < 4.78 is 5.29. The van der Waals surface area contributed by atoms with Crippen molar-refractivity contribution in [2.45, 2.75) is 27.3 Å². The van der Waals surface area contributed by atoms with Crippen molar-refractivity contribution >= 4 is 12.0 Å². The molecule has 0 heterocycles. The fourth-order valence-corrected chi connectivity index (χ4v) is 2.22. The average Bonchev–Trinajstić information content (AvgIpc) is 2.58. The molecule has 3 heteroatoms. The van der Waals surface area contributed by atoms with E-state index in [2.05, 4.69) is 38.2 Å². The summed E-state index contributed by atoms with van der Waals surface area (Å²) in [6.07, 6.45) is 4.24. The SMILES string of the molecule is COc1ccccc1CNC(=O)c1ccc(C=CC(C)(C)C)cc1. The maximum atomic E-state index is 12.3. The Morgan fingerprint density at radius 1 is 1.08 bits per heavy atom. The smallest absolute Gasteiger partial charge is 0.251 e. The van der Waals surface area contributed by atoms with E-state index in [1.807, 2.05) is 48.5 Å². The Kier molecular flexibility index (Phi) is 5.80. The third-order valence-electron chi connectivity index (χ3n) is 3.58. The zero-order chi connectivity index (χ0) is 17.6. The molecule has 0 aliphatic heterocycles. The first kappa shape index (κ1) is 17.8. The predicted octanol–water partition coefficient (Wildman–Crippen LogP) is 4.68. The molecule has 126 valence electrons. The minimum absolute atomic E-state index is 0.0905. The van der Waals surface area contributed by atoms with Gasteiger partial charge in [-0.2, -0.15) is 0 Å². The summed E-state index contributed by atoms with van der Waals surface area (Å²) in [5, 5.41) is 2.93. The van der Waals surface area contributed by atoms with Gasteiger partial charge < -0.3 is 10.1 Å². The normalized spacial score (nSPS) is 11.5. The van der Waals surface area contributed by atoms with Crippen molar-refractivity contribution < 1.29 is 9.53 Å². The van der Waals surface area contributed by atoms with Gasteiger partial charge in [0.1, 0.15) is 5.75 Å². The number of hydrogen-bond donors (Lipinski definition) is 1. The van der Waals surface area contributed by atoms with Crippen LogP contribution in [0.2, 0.25) is 0 Å². The number of methoxy groups -OCH3 is 1. The van der Waals surface area contributed by atoms with Crippen LogP contribution in [0.25, 0.3) is 6.08 Å². The highest BCUT2D eigenvalue weighted by Gasteiger charge is 2.08. The lowest BCUT2D eigenvalue weighted by Gasteiger charge is -2.11. The van der Waals surface area contributed by atoms with Crippen molar-refractivity contribution in [2.75, 3.05) is 7.11 Å². The van der Waals surface area contributed by atoms with Crippen molar-refractivity contribution in [1.82, 2.24) is 5.32 Å². The molecule has 2 aromatic rings. The highest BCUT2D eigenvalue weighted by molar-refractivity contribution is 5.94. The number of rotatable bonds is 5. The third kappa shape index (κ3) is 5.27. The molecule has 0 bridgehead atoms. The molecule has 0 saturated heterocycles. The van der Waals surface area contributed by atoms with Crippen molar-refractivity contribution in [3.05, 3.63) is 71.3 Å². The summed E-state index contributed by atoms with van der Waals surface area (Å²) >= 11 is 0. The molecule has 0 atom stereocenters. The molecule has 1 N–H and O–H groups in total. The fraction of sp³-hybridized carbons (Fsp3) is 0.286. The van der Waals surface area contributed by atoms with Gasteiger partial charge in [0.05, 0.1) is 7.11 Å². The highest BCUT2D eigenvalue weighted by Crippen LogP contribution is 2.18. The van der Waals surface area contributed by atoms with Gasteiger partial charge in [-0.15, -0.1) is 0 Å². The summed E-state index contributed by atoms with van der Waals surface area (Å²) in [7, 11) is 1.63. The van der Waals surface area contributed by atoms with Gasteiger partial charge >= 0.3 is 0 Å². The van der Waals surface area contributed by atoms with E-state index in [9.17, 15) is 4.79 Å². The molecule has 0 aromatic heterocycles. The molecule has 24 heavy (non-hydrogen) atoms. The molecule has 2 rings (SSSR count). The molecule has 0 aliphatic carbocycles. The monoisotopic (exact) mass is 323 g/mol. The molecule has 0 radical (unpaired) electrons. The van der Waals surface area contributed by atoms with Gasteiger partial charge in [-0.25, -0.2) is 0 Å². The van der Waals surface area contributed by atoms with Crippen LogP contribution in [0.3, 0.4) is 0 Å². The average molecular weight is 323 g/mol. The molecular formula is C21H25NO2. The van der Waals surface area contributed by atoms with Crippen LogP contribution in [0.4, 0.5) is 0 Å². The first-order chi connectivity index (χ1) is 11.4. The van der Waals surface area contributed by atoms with E-state index < -0.39 is 0 Å². The maximum Gasteiger partial charge on any atom is 0.251 e. The number of carbonyl (C=O) groups is 1. The Morgan fingerprint density at radius 2 is 1.75 bits per heavy atom. The van der Waals surface area contributed by atoms with Gasteiger partial charge in [-0.3, -0.25) is 4.79 Å². The van der Waals surface area contributed by atoms with Gasteiger partial charge in [0, 0.05) is 17.7 Å². The number of carbonyl (C=O) groups excluding carboxylic acids is 1. The lowest BCUT2D eigenvalue weighted by Crippen LogP contribution is -2.22. The Balaban J connectivity index is 1.99. The predicted molar refractivity (Wildman–Crippen MR) is 99.1 cm³/mol. The van der Waals surface area contributed by atoms with E-state index in [4.69, 9.17) is 4.74 Å². The lowest BCUT2D eigenvalue weighted by molar-refractivity contribution is 0.0950. The number of para-hydroxylation sites is 1. The lowest BCUT2D eigenvalue weighted by atomic mass is 9.95. The molecule has 0 spiro atoms. The summed E-state index contributed by atoms with van der Waals surface area (Å²) in [6, 6.07) is 15.3. The van der Waals surface area contributed by atoms with E-state index in [0.717, 1.165) is 16.9 Å². The van der Waals surface area contributed by atoms with Crippen molar-refractivity contribution in [2.24, 2.45) is 5.41 Å².